The summed E-state index contributed by atoms with van der Waals surface area (Å²) in [6, 6.07) is 0. The third kappa shape index (κ3) is 1.82. The van der Waals surface area contributed by atoms with E-state index < -0.39 is 0 Å². The van der Waals surface area contributed by atoms with E-state index in [4.69, 9.17) is 0 Å². The molecule has 0 amide bonds. The second-order valence-corrected chi connectivity index (χ2v) is 4.34. The average Bonchev–Trinajstić information content (AvgIpc) is 2.70. The van der Waals surface area contributed by atoms with Gasteiger partial charge >= 0.3 is 0 Å². The molecule has 2 rings (SSSR count). The van der Waals surface area contributed by atoms with Gasteiger partial charge in [-0.05, 0) is 19.8 Å². The van der Waals surface area contributed by atoms with Gasteiger partial charge in [0, 0.05) is 37.2 Å². The summed E-state index contributed by atoms with van der Waals surface area (Å²) < 4.78 is 0. The third-order valence-corrected chi connectivity index (χ3v) is 3.27. The Labute approximate surface area is 84.4 Å². The summed E-state index contributed by atoms with van der Waals surface area (Å²) >= 11 is 0. The van der Waals surface area contributed by atoms with Crippen LogP contribution in [0.3, 0.4) is 0 Å². The molecule has 2 unspecified atom stereocenters. The van der Waals surface area contributed by atoms with E-state index in [0.29, 0.717) is 12.3 Å². The van der Waals surface area contributed by atoms with Crippen molar-refractivity contribution in [3.63, 3.8) is 0 Å². The summed E-state index contributed by atoms with van der Waals surface area (Å²) in [5, 5.41) is 9.45. The number of hydrogen-bond donors (Lipinski definition) is 1. The highest BCUT2D eigenvalue weighted by atomic mass is 16.3. The predicted molar refractivity (Wildman–Crippen MR) is 53.7 cm³/mol. The molecular formula is C11H17NO2. The van der Waals surface area contributed by atoms with Gasteiger partial charge in [0.2, 0.25) is 0 Å². The van der Waals surface area contributed by atoms with Crippen molar-refractivity contribution in [2.24, 2.45) is 5.92 Å². The monoisotopic (exact) mass is 195 g/mol. The Hall–Kier alpha value is -0.830. The minimum atomic E-state index is -0.224. The Bertz CT molecular complexity index is 270. The van der Waals surface area contributed by atoms with Crippen LogP contribution in [0.4, 0.5) is 0 Å². The SMILES string of the molecule is CC(O)C1CCN(C2=CC(=O)CC2)C1. The molecule has 0 saturated carbocycles. The van der Waals surface area contributed by atoms with Crippen molar-refractivity contribution in [1.29, 1.82) is 0 Å². The normalized spacial score (nSPS) is 29.6. The molecule has 0 aromatic carbocycles. The maximum absolute atomic E-state index is 11.1. The van der Waals surface area contributed by atoms with Crippen LogP contribution in [-0.4, -0.2) is 35.0 Å². The van der Waals surface area contributed by atoms with Gasteiger partial charge in [-0.15, -0.1) is 0 Å². The number of aliphatic hydroxyl groups is 1. The molecule has 3 heteroatoms. The first-order valence-electron chi connectivity index (χ1n) is 5.33. The first-order valence-corrected chi connectivity index (χ1v) is 5.33. The number of ketones is 1. The molecule has 0 bridgehead atoms. The van der Waals surface area contributed by atoms with Gasteiger partial charge in [0.05, 0.1) is 6.10 Å². The molecular weight excluding hydrogens is 178 g/mol. The zero-order valence-corrected chi connectivity index (χ0v) is 8.57. The number of nitrogens with zero attached hydrogens (tertiary/aromatic N) is 1. The van der Waals surface area contributed by atoms with Crippen molar-refractivity contribution in [2.45, 2.75) is 32.3 Å². The second-order valence-electron chi connectivity index (χ2n) is 4.34. The molecule has 1 N–H and O–H groups in total. The number of likely N-dealkylation sites (tertiary alicyclic amines) is 1. The molecule has 14 heavy (non-hydrogen) atoms. The van der Waals surface area contributed by atoms with E-state index in [9.17, 15) is 9.90 Å². The highest BCUT2D eigenvalue weighted by molar-refractivity contribution is 5.92. The van der Waals surface area contributed by atoms with E-state index in [1.54, 1.807) is 6.08 Å². The molecule has 0 aromatic rings. The third-order valence-electron chi connectivity index (χ3n) is 3.27. The molecule has 1 aliphatic heterocycles. The minimum Gasteiger partial charge on any atom is -0.393 e. The van der Waals surface area contributed by atoms with E-state index in [-0.39, 0.29) is 11.9 Å². The van der Waals surface area contributed by atoms with Crippen LogP contribution in [0.2, 0.25) is 0 Å². The van der Waals surface area contributed by atoms with E-state index in [2.05, 4.69) is 4.90 Å². The standard InChI is InChI=1S/C11H17NO2/c1-8(13)9-4-5-12(7-9)10-2-3-11(14)6-10/h6,8-9,13H,2-5,7H2,1H3. The second kappa shape index (κ2) is 3.73. The van der Waals surface area contributed by atoms with Crippen LogP contribution in [-0.2, 0) is 4.79 Å². The summed E-state index contributed by atoms with van der Waals surface area (Å²) in [4.78, 5) is 13.3. The number of rotatable bonds is 2. The van der Waals surface area contributed by atoms with Crippen LogP contribution in [0.5, 0.6) is 0 Å². The van der Waals surface area contributed by atoms with E-state index >= 15 is 0 Å². The van der Waals surface area contributed by atoms with Crippen molar-refractivity contribution < 1.29 is 9.90 Å². The van der Waals surface area contributed by atoms with Crippen LogP contribution in [0.15, 0.2) is 11.8 Å². The summed E-state index contributed by atoms with van der Waals surface area (Å²) in [5.41, 5.74) is 1.18. The molecule has 1 heterocycles. The van der Waals surface area contributed by atoms with Crippen molar-refractivity contribution in [3.05, 3.63) is 11.8 Å². The quantitative estimate of drug-likeness (QED) is 0.712. The van der Waals surface area contributed by atoms with Gasteiger partial charge in [0.1, 0.15) is 0 Å². The molecule has 3 nitrogen and oxygen atoms in total. The molecule has 0 radical (unpaired) electrons. The minimum absolute atomic E-state index is 0.224. The fraction of sp³-hybridized carbons (Fsp3) is 0.727. The van der Waals surface area contributed by atoms with Crippen LogP contribution < -0.4 is 0 Å². The zero-order chi connectivity index (χ0) is 10.1. The zero-order valence-electron chi connectivity index (χ0n) is 8.57. The number of carbonyl (C=O) groups excluding carboxylic acids is 1. The summed E-state index contributed by atoms with van der Waals surface area (Å²) in [7, 11) is 0. The molecule has 78 valence electrons. The van der Waals surface area contributed by atoms with Crippen LogP contribution in [0, 0.1) is 5.92 Å². The summed E-state index contributed by atoms with van der Waals surface area (Å²) in [6.07, 6.45) is 4.15. The van der Waals surface area contributed by atoms with E-state index in [1.807, 2.05) is 6.92 Å². The lowest BCUT2D eigenvalue weighted by molar-refractivity contribution is -0.114. The van der Waals surface area contributed by atoms with Gasteiger partial charge in [-0.3, -0.25) is 4.79 Å². The van der Waals surface area contributed by atoms with E-state index in [0.717, 1.165) is 25.9 Å². The Kier molecular flexibility index (Phi) is 2.59. The fourth-order valence-electron chi connectivity index (χ4n) is 2.27. The fourth-order valence-corrected chi connectivity index (χ4v) is 2.27. The molecule has 0 spiro atoms. The first-order chi connectivity index (χ1) is 6.66. The summed E-state index contributed by atoms with van der Waals surface area (Å²) in [6.45, 7) is 3.76. The van der Waals surface area contributed by atoms with Gasteiger partial charge in [-0.25, -0.2) is 0 Å². The van der Waals surface area contributed by atoms with Crippen molar-refractivity contribution in [3.8, 4) is 0 Å². The summed E-state index contributed by atoms with van der Waals surface area (Å²) in [5.74, 6) is 0.632. The Morgan fingerprint density at radius 2 is 2.36 bits per heavy atom. The highest BCUT2D eigenvalue weighted by Crippen LogP contribution is 2.27. The molecule has 1 aliphatic carbocycles. The van der Waals surface area contributed by atoms with Gasteiger partial charge in [0.15, 0.2) is 5.78 Å². The maximum Gasteiger partial charge on any atom is 0.157 e. The molecule has 1 fully saturated rings. The van der Waals surface area contributed by atoms with Crippen LogP contribution in [0.25, 0.3) is 0 Å². The Morgan fingerprint density at radius 3 is 2.86 bits per heavy atom. The smallest absolute Gasteiger partial charge is 0.157 e. The largest absolute Gasteiger partial charge is 0.393 e. The molecule has 2 atom stereocenters. The molecule has 0 aromatic heterocycles. The number of allylic oxidation sites excluding steroid dienone is 2. The van der Waals surface area contributed by atoms with Crippen LogP contribution >= 0.6 is 0 Å². The van der Waals surface area contributed by atoms with Gasteiger partial charge < -0.3 is 10.0 Å². The van der Waals surface area contributed by atoms with E-state index in [1.165, 1.54) is 5.70 Å². The average molecular weight is 195 g/mol. The van der Waals surface area contributed by atoms with Crippen LogP contribution in [0.1, 0.15) is 26.2 Å². The maximum atomic E-state index is 11.1. The highest BCUT2D eigenvalue weighted by Gasteiger charge is 2.28. The number of carbonyl (C=O) groups is 1. The lowest BCUT2D eigenvalue weighted by atomic mass is 10.0. The Morgan fingerprint density at radius 1 is 1.57 bits per heavy atom. The van der Waals surface area contributed by atoms with Gasteiger partial charge in [-0.2, -0.15) is 0 Å². The molecule has 1 saturated heterocycles. The van der Waals surface area contributed by atoms with Crippen molar-refractivity contribution >= 4 is 5.78 Å². The van der Waals surface area contributed by atoms with Crippen molar-refractivity contribution in [1.82, 2.24) is 4.90 Å². The number of hydrogen-bond acceptors (Lipinski definition) is 3. The lowest BCUT2D eigenvalue weighted by Crippen LogP contribution is -2.23. The number of aliphatic hydroxyl groups excluding tert-OH is 1. The lowest BCUT2D eigenvalue weighted by Gasteiger charge is -2.20. The Balaban J connectivity index is 1.96. The van der Waals surface area contributed by atoms with Gasteiger partial charge in [0.25, 0.3) is 0 Å². The van der Waals surface area contributed by atoms with Crippen molar-refractivity contribution in [2.75, 3.05) is 13.1 Å². The molecule has 2 aliphatic rings. The van der Waals surface area contributed by atoms with Gasteiger partial charge in [-0.1, -0.05) is 0 Å². The first kappa shape index (κ1) is 9.71. The predicted octanol–water partition coefficient (Wildman–Crippen LogP) is 0.936. The topological polar surface area (TPSA) is 40.5 Å².